The zero-order valence-electron chi connectivity index (χ0n) is 13.5. The van der Waals surface area contributed by atoms with Gasteiger partial charge in [-0.15, -0.1) is 0 Å². The molecule has 0 saturated heterocycles. The van der Waals surface area contributed by atoms with Crippen molar-refractivity contribution in [2.24, 2.45) is 17.3 Å². The van der Waals surface area contributed by atoms with Crippen LogP contribution in [0.25, 0.3) is 0 Å². The summed E-state index contributed by atoms with van der Waals surface area (Å²) < 4.78 is 1.29. The number of amides is 1. The van der Waals surface area contributed by atoms with Gasteiger partial charge in [0.1, 0.15) is 0 Å². The zero-order valence-corrected chi connectivity index (χ0v) is 16.7. The molecule has 0 spiro atoms. The average Bonchev–Trinajstić information content (AvgIpc) is 2.38. The lowest BCUT2D eigenvalue weighted by molar-refractivity contribution is -0.123. The van der Waals surface area contributed by atoms with E-state index in [9.17, 15) is 4.79 Å². The number of halogens is 2. The Morgan fingerprint density at radius 3 is 2.57 bits per heavy atom. The first-order valence-electron chi connectivity index (χ1n) is 8.60. The van der Waals surface area contributed by atoms with E-state index in [4.69, 9.17) is 0 Å². The fourth-order valence-electron chi connectivity index (χ4n) is 5.80. The smallest absolute Gasteiger partial charge is 0.224 e. The lowest BCUT2D eigenvalue weighted by Gasteiger charge is -2.60. The highest BCUT2D eigenvalue weighted by Crippen LogP contribution is 2.65. The highest BCUT2D eigenvalue weighted by molar-refractivity contribution is 9.10. The van der Waals surface area contributed by atoms with Crippen LogP contribution in [0, 0.1) is 24.2 Å². The van der Waals surface area contributed by atoms with Crippen molar-refractivity contribution < 1.29 is 4.79 Å². The van der Waals surface area contributed by atoms with Crippen LogP contribution in [0.3, 0.4) is 0 Å². The molecule has 23 heavy (non-hydrogen) atoms. The summed E-state index contributed by atoms with van der Waals surface area (Å²) in [4.78, 5) is 12.7. The van der Waals surface area contributed by atoms with Gasteiger partial charge in [0.05, 0.1) is 5.69 Å². The Kier molecular flexibility index (Phi) is 3.92. The van der Waals surface area contributed by atoms with Crippen LogP contribution in [0.15, 0.2) is 22.7 Å². The van der Waals surface area contributed by atoms with Crippen LogP contribution in [0.5, 0.6) is 0 Å². The van der Waals surface area contributed by atoms with E-state index in [0.717, 1.165) is 22.0 Å². The summed E-state index contributed by atoms with van der Waals surface area (Å²) in [5.41, 5.74) is 2.31. The molecule has 1 N–H and O–H groups in total. The van der Waals surface area contributed by atoms with Gasteiger partial charge in [-0.25, -0.2) is 0 Å². The van der Waals surface area contributed by atoms with E-state index < -0.39 is 0 Å². The van der Waals surface area contributed by atoms with E-state index in [2.05, 4.69) is 44.1 Å². The van der Waals surface area contributed by atoms with Crippen LogP contribution in [0.4, 0.5) is 5.69 Å². The summed E-state index contributed by atoms with van der Waals surface area (Å²) in [7, 11) is 0. The maximum atomic E-state index is 12.7. The Balaban J connectivity index is 1.48. The Labute approximate surface area is 155 Å². The van der Waals surface area contributed by atoms with Crippen molar-refractivity contribution in [1.29, 1.82) is 0 Å². The third kappa shape index (κ3) is 3.13. The van der Waals surface area contributed by atoms with Gasteiger partial charge in [0.2, 0.25) is 5.91 Å². The summed E-state index contributed by atoms with van der Waals surface area (Å²) in [6, 6.07) is 6.08. The van der Waals surface area contributed by atoms with Crippen molar-refractivity contribution in [2.45, 2.75) is 56.2 Å². The van der Waals surface area contributed by atoms with Crippen molar-refractivity contribution in [3.05, 3.63) is 28.2 Å². The molecule has 4 fully saturated rings. The van der Waals surface area contributed by atoms with Gasteiger partial charge in [0.25, 0.3) is 0 Å². The molecular weight excluding hydrogens is 418 g/mol. The fraction of sp³-hybridized carbons (Fsp3) is 0.632. The van der Waals surface area contributed by atoms with Gasteiger partial charge < -0.3 is 5.32 Å². The van der Waals surface area contributed by atoms with Crippen LogP contribution in [0.1, 0.15) is 50.5 Å². The fourth-order valence-corrected chi connectivity index (χ4v) is 7.90. The predicted molar refractivity (Wildman–Crippen MR) is 101 cm³/mol. The molecule has 0 heterocycles. The summed E-state index contributed by atoms with van der Waals surface area (Å²) in [6.07, 6.45) is 8.37. The monoisotopic (exact) mass is 439 g/mol. The van der Waals surface area contributed by atoms with E-state index >= 15 is 0 Å². The number of carbonyl (C=O) groups excluding carboxylic acids is 1. The first kappa shape index (κ1) is 16.1. The Morgan fingerprint density at radius 2 is 1.96 bits per heavy atom. The highest BCUT2D eigenvalue weighted by atomic mass is 79.9. The summed E-state index contributed by atoms with van der Waals surface area (Å²) in [5.74, 6) is 1.83. The van der Waals surface area contributed by atoms with Gasteiger partial charge in [-0.05, 0) is 96.3 Å². The molecule has 4 heteroatoms. The van der Waals surface area contributed by atoms with Gasteiger partial charge in [0, 0.05) is 15.2 Å². The minimum absolute atomic E-state index is 0.174. The van der Waals surface area contributed by atoms with E-state index in [0.29, 0.717) is 10.7 Å². The minimum atomic E-state index is 0.174. The molecular formula is C19H23Br2NO. The first-order valence-corrected chi connectivity index (χ1v) is 10.2. The average molecular weight is 441 g/mol. The molecule has 0 aromatic heterocycles. The second kappa shape index (κ2) is 5.59. The highest BCUT2D eigenvalue weighted by Gasteiger charge is 2.57. The van der Waals surface area contributed by atoms with Crippen molar-refractivity contribution in [3.8, 4) is 0 Å². The number of rotatable bonds is 3. The van der Waals surface area contributed by atoms with E-state index in [1.807, 2.05) is 18.2 Å². The van der Waals surface area contributed by atoms with Gasteiger partial charge in [-0.1, -0.05) is 22.0 Å². The quantitative estimate of drug-likeness (QED) is 0.589. The molecule has 1 amide bonds. The van der Waals surface area contributed by atoms with E-state index in [1.54, 1.807) is 0 Å². The number of aryl methyl sites for hydroxylation is 1. The van der Waals surface area contributed by atoms with E-state index in [1.165, 1.54) is 44.1 Å². The molecule has 4 aliphatic carbocycles. The molecule has 5 rings (SSSR count). The molecule has 2 unspecified atom stereocenters. The molecule has 0 radical (unpaired) electrons. The van der Waals surface area contributed by atoms with Gasteiger partial charge in [-0.2, -0.15) is 0 Å². The molecule has 1 aromatic rings. The number of alkyl halides is 1. The topological polar surface area (TPSA) is 29.1 Å². The summed E-state index contributed by atoms with van der Waals surface area (Å²) in [5, 5.41) is 3.12. The van der Waals surface area contributed by atoms with Crippen LogP contribution in [-0.4, -0.2) is 10.2 Å². The van der Waals surface area contributed by atoms with Crippen LogP contribution < -0.4 is 5.32 Å². The SMILES string of the molecule is Cc1ccc(NC(=O)CC23C[C@@H]4C[C@@H](CC(Br)(C4)C2)C3)c(Br)c1. The van der Waals surface area contributed by atoms with Gasteiger partial charge >= 0.3 is 0 Å². The van der Waals surface area contributed by atoms with Crippen molar-refractivity contribution in [3.63, 3.8) is 0 Å². The normalized spacial score (nSPS) is 37.9. The van der Waals surface area contributed by atoms with Crippen molar-refractivity contribution in [1.82, 2.24) is 0 Å². The van der Waals surface area contributed by atoms with Crippen LogP contribution in [0.2, 0.25) is 0 Å². The number of benzene rings is 1. The van der Waals surface area contributed by atoms with Crippen molar-refractivity contribution in [2.75, 3.05) is 5.32 Å². The van der Waals surface area contributed by atoms with Gasteiger partial charge in [0.15, 0.2) is 0 Å². The molecule has 4 aliphatic rings. The Hall–Kier alpha value is -0.350. The molecule has 124 valence electrons. The number of hydrogen-bond donors (Lipinski definition) is 1. The first-order chi connectivity index (χ1) is 10.8. The second-order valence-corrected chi connectivity index (χ2v) is 10.9. The molecule has 4 saturated carbocycles. The molecule has 4 bridgehead atoms. The predicted octanol–water partition coefficient (Wildman–Crippen LogP) is 5.82. The molecule has 4 atom stereocenters. The number of nitrogens with one attached hydrogen (secondary N) is 1. The second-order valence-electron chi connectivity index (χ2n) is 8.32. The van der Waals surface area contributed by atoms with E-state index in [-0.39, 0.29) is 11.3 Å². The van der Waals surface area contributed by atoms with Crippen LogP contribution >= 0.6 is 31.9 Å². The summed E-state index contributed by atoms with van der Waals surface area (Å²) >= 11 is 7.58. The standard InChI is InChI=1S/C19H23Br2NO/c1-12-2-3-16(15(20)4-12)22-17(23)10-18-6-13-5-14(7-18)9-19(21,8-13)11-18/h2-4,13-14H,5-11H2,1H3,(H,22,23)/t13-,14+,18?,19?. The number of anilines is 1. The lowest BCUT2D eigenvalue weighted by Crippen LogP contribution is -2.53. The van der Waals surface area contributed by atoms with Crippen LogP contribution in [-0.2, 0) is 4.79 Å². The Bertz CT molecular complexity index is 643. The van der Waals surface area contributed by atoms with Crippen molar-refractivity contribution >= 4 is 43.5 Å². The maximum absolute atomic E-state index is 12.7. The Morgan fingerprint density at radius 1 is 1.26 bits per heavy atom. The van der Waals surface area contributed by atoms with Gasteiger partial charge in [-0.3, -0.25) is 4.79 Å². The third-order valence-electron chi connectivity index (χ3n) is 6.05. The maximum Gasteiger partial charge on any atom is 0.224 e. The minimum Gasteiger partial charge on any atom is -0.325 e. The summed E-state index contributed by atoms with van der Waals surface area (Å²) in [6.45, 7) is 2.06. The number of hydrogen-bond acceptors (Lipinski definition) is 1. The molecule has 0 aliphatic heterocycles. The molecule has 1 aromatic carbocycles. The molecule has 2 nitrogen and oxygen atoms in total. The third-order valence-corrected chi connectivity index (χ3v) is 7.63. The lowest BCUT2D eigenvalue weighted by atomic mass is 9.48. The number of carbonyl (C=O) groups is 1. The largest absolute Gasteiger partial charge is 0.325 e. The zero-order chi connectivity index (χ0) is 16.2.